The molecule has 0 N–H and O–H groups in total. The summed E-state index contributed by atoms with van der Waals surface area (Å²) in [6.45, 7) is 14.0. The van der Waals surface area contributed by atoms with E-state index in [4.69, 9.17) is 18.9 Å². The molecule has 0 aliphatic carbocycles. The minimum absolute atomic E-state index is 0.699. The second-order valence-electron chi connectivity index (χ2n) is 13.3. The highest BCUT2D eigenvalue weighted by Crippen LogP contribution is 2.45. The lowest BCUT2D eigenvalue weighted by Gasteiger charge is -2.20. The molecule has 4 heteroatoms. The molecule has 0 saturated heterocycles. The molecule has 0 amide bonds. The molecule has 4 aromatic rings. The Kier molecular flexibility index (Phi) is 15.8. The summed E-state index contributed by atoms with van der Waals surface area (Å²) in [5.74, 6) is 3.40. The Labute approximate surface area is 285 Å². The van der Waals surface area contributed by atoms with E-state index in [2.05, 4.69) is 77.1 Å². The van der Waals surface area contributed by atoms with Gasteiger partial charge in [0.25, 0.3) is 0 Å². The zero-order chi connectivity index (χ0) is 33.3. The van der Waals surface area contributed by atoms with Crippen LogP contribution in [0.4, 0.5) is 0 Å². The second kappa shape index (κ2) is 20.3. The zero-order valence-electron chi connectivity index (χ0n) is 30.3. The van der Waals surface area contributed by atoms with E-state index in [-0.39, 0.29) is 0 Å². The van der Waals surface area contributed by atoms with Crippen LogP contribution in [0.1, 0.15) is 136 Å². The molecule has 4 nitrogen and oxygen atoms in total. The average molecular weight is 643 g/mol. The SMILES string of the molecule is CCCCCCOc1cc2c(cc1OCCCCCC)c1cccc(C)c1c1cc(OCCCCCC)c(OCCCCCC)cc21. The van der Waals surface area contributed by atoms with Gasteiger partial charge in [0.1, 0.15) is 0 Å². The summed E-state index contributed by atoms with van der Waals surface area (Å²) in [6.07, 6.45) is 18.8. The molecule has 0 saturated carbocycles. The number of benzene rings is 4. The molecule has 0 aromatic heterocycles. The van der Waals surface area contributed by atoms with Gasteiger partial charge in [-0.25, -0.2) is 0 Å². The zero-order valence-corrected chi connectivity index (χ0v) is 30.3. The number of aryl methyl sites for hydroxylation is 1. The van der Waals surface area contributed by atoms with Gasteiger partial charge in [-0.05, 0) is 94.8 Å². The van der Waals surface area contributed by atoms with Crippen LogP contribution in [0, 0.1) is 6.92 Å². The van der Waals surface area contributed by atoms with E-state index in [0.717, 1.165) is 48.7 Å². The van der Waals surface area contributed by atoms with Crippen LogP contribution in [0.25, 0.3) is 32.3 Å². The van der Waals surface area contributed by atoms with Gasteiger partial charge in [-0.15, -0.1) is 0 Å². The van der Waals surface area contributed by atoms with Crippen molar-refractivity contribution in [2.75, 3.05) is 26.4 Å². The Morgan fingerprint density at radius 1 is 0.383 bits per heavy atom. The predicted molar refractivity (Wildman–Crippen MR) is 202 cm³/mol. The molecule has 258 valence electrons. The summed E-state index contributed by atoms with van der Waals surface area (Å²) in [7, 11) is 0. The minimum atomic E-state index is 0.699. The van der Waals surface area contributed by atoms with Gasteiger partial charge in [-0.1, -0.05) is 123 Å². The van der Waals surface area contributed by atoms with Crippen molar-refractivity contribution in [3.05, 3.63) is 48.0 Å². The maximum Gasteiger partial charge on any atom is 0.161 e. The molecule has 0 spiro atoms. The largest absolute Gasteiger partial charge is 0.490 e. The topological polar surface area (TPSA) is 36.9 Å². The lowest BCUT2D eigenvalue weighted by atomic mass is 9.91. The third kappa shape index (κ3) is 10.4. The normalized spacial score (nSPS) is 11.5. The van der Waals surface area contributed by atoms with Crippen LogP contribution in [0.5, 0.6) is 23.0 Å². The van der Waals surface area contributed by atoms with Crippen LogP contribution in [0.2, 0.25) is 0 Å². The number of rotatable bonds is 24. The van der Waals surface area contributed by atoms with Crippen molar-refractivity contribution in [1.82, 2.24) is 0 Å². The Bertz CT molecular complexity index is 1510. The van der Waals surface area contributed by atoms with Gasteiger partial charge in [0.15, 0.2) is 23.0 Å². The Morgan fingerprint density at radius 2 is 0.723 bits per heavy atom. The highest BCUT2D eigenvalue weighted by atomic mass is 16.5. The van der Waals surface area contributed by atoms with Crippen molar-refractivity contribution >= 4 is 32.3 Å². The summed E-state index contributed by atoms with van der Waals surface area (Å²) >= 11 is 0. The van der Waals surface area contributed by atoms with Crippen LogP contribution in [0.3, 0.4) is 0 Å². The van der Waals surface area contributed by atoms with E-state index in [9.17, 15) is 0 Å². The maximum absolute atomic E-state index is 6.52. The highest BCUT2D eigenvalue weighted by Gasteiger charge is 2.19. The van der Waals surface area contributed by atoms with E-state index < -0.39 is 0 Å². The first-order valence-electron chi connectivity index (χ1n) is 19.1. The lowest BCUT2D eigenvalue weighted by Crippen LogP contribution is -2.04. The summed E-state index contributed by atoms with van der Waals surface area (Å²) in [5, 5.41) is 7.25. The first kappa shape index (κ1) is 36.7. The van der Waals surface area contributed by atoms with Gasteiger partial charge in [0.2, 0.25) is 0 Å². The molecule has 4 rings (SSSR count). The molecule has 0 aliphatic rings. The molecule has 0 unspecified atom stereocenters. The van der Waals surface area contributed by atoms with Crippen molar-refractivity contribution in [3.63, 3.8) is 0 Å². The Hall–Kier alpha value is -3.14. The molecule has 0 heterocycles. The summed E-state index contributed by atoms with van der Waals surface area (Å²) in [4.78, 5) is 0. The number of fused-ring (bicyclic) bond motifs is 6. The lowest BCUT2D eigenvalue weighted by molar-refractivity contribution is 0.259. The third-order valence-corrected chi connectivity index (χ3v) is 9.31. The fraction of sp³-hybridized carbons (Fsp3) is 0.581. The highest BCUT2D eigenvalue weighted by molar-refractivity contribution is 6.27. The summed E-state index contributed by atoms with van der Waals surface area (Å²) in [5.41, 5.74) is 1.26. The van der Waals surface area contributed by atoms with Crippen LogP contribution in [-0.4, -0.2) is 26.4 Å². The monoisotopic (exact) mass is 642 g/mol. The van der Waals surface area contributed by atoms with Gasteiger partial charge in [0.05, 0.1) is 26.4 Å². The molecule has 0 aliphatic heterocycles. The van der Waals surface area contributed by atoms with Gasteiger partial charge < -0.3 is 18.9 Å². The third-order valence-electron chi connectivity index (χ3n) is 9.31. The number of hydrogen-bond donors (Lipinski definition) is 0. The molecular weight excluding hydrogens is 580 g/mol. The molecule has 0 radical (unpaired) electrons. The number of unbranched alkanes of at least 4 members (excludes halogenated alkanes) is 12. The van der Waals surface area contributed by atoms with E-state index in [1.165, 1.54) is 115 Å². The maximum atomic E-state index is 6.52. The predicted octanol–water partition coefficient (Wildman–Crippen LogP) is 13.3. The molecule has 4 aromatic carbocycles. The van der Waals surface area contributed by atoms with Crippen molar-refractivity contribution in [1.29, 1.82) is 0 Å². The van der Waals surface area contributed by atoms with Crippen LogP contribution < -0.4 is 18.9 Å². The van der Waals surface area contributed by atoms with Gasteiger partial charge in [-0.3, -0.25) is 0 Å². The van der Waals surface area contributed by atoms with Gasteiger partial charge in [-0.2, -0.15) is 0 Å². The van der Waals surface area contributed by atoms with E-state index >= 15 is 0 Å². The molecule has 0 fully saturated rings. The van der Waals surface area contributed by atoms with Crippen LogP contribution in [0.15, 0.2) is 42.5 Å². The number of ether oxygens (including phenoxy) is 4. The first-order valence-corrected chi connectivity index (χ1v) is 19.1. The first-order chi connectivity index (χ1) is 23.1. The average Bonchev–Trinajstić information content (AvgIpc) is 3.08. The standard InChI is InChI=1S/C43H62O4/c1-6-10-14-18-25-44-39-29-35-34-24-22-23-33(5)43(34)38-32-42(47-28-21-17-13-9-4)41(46-27-20-16-12-8-3)31-37(38)36(35)30-40(39)45-26-19-15-11-7-2/h22-24,29-32H,6-21,25-28H2,1-5H3. The number of hydrogen-bond acceptors (Lipinski definition) is 4. The smallest absolute Gasteiger partial charge is 0.161 e. The fourth-order valence-electron chi connectivity index (χ4n) is 6.54. The Morgan fingerprint density at radius 3 is 1.11 bits per heavy atom. The molecule has 0 bridgehead atoms. The van der Waals surface area contributed by atoms with Crippen LogP contribution >= 0.6 is 0 Å². The van der Waals surface area contributed by atoms with Crippen LogP contribution in [-0.2, 0) is 0 Å². The van der Waals surface area contributed by atoms with E-state index in [0.29, 0.717) is 26.4 Å². The second-order valence-corrected chi connectivity index (χ2v) is 13.3. The quantitative estimate of drug-likeness (QED) is 0.0563. The summed E-state index contributed by atoms with van der Waals surface area (Å²) in [6, 6.07) is 15.6. The molecule has 0 atom stereocenters. The molecule has 47 heavy (non-hydrogen) atoms. The Balaban J connectivity index is 1.83. The van der Waals surface area contributed by atoms with E-state index in [1.807, 2.05) is 0 Å². The minimum Gasteiger partial charge on any atom is -0.490 e. The fourth-order valence-corrected chi connectivity index (χ4v) is 6.54. The van der Waals surface area contributed by atoms with Gasteiger partial charge in [0, 0.05) is 0 Å². The molecular formula is C43H62O4. The van der Waals surface area contributed by atoms with E-state index in [1.54, 1.807) is 0 Å². The van der Waals surface area contributed by atoms with Crippen molar-refractivity contribution in [2.24, 2.45) is 0 Å². The summed E-state index contributed by atoms with van der Waals surface area (Å²) < 4.78 is 26.0. The van der Waals surface area contributed by atoms with Crippen molar-refractivity contribution in [3.8, 4) is 23.0 Å². The van der Waals surface area contributed by atoms with Gasteiger partial charge >= 0.3 is 0 Å². The van der Waals surface area contributed by atoms with Crippen molar-refractivity contribution < 1.29 is 18.9 Å². The van der Waals surface area contributed by atoms with Crippen molar-refractivity contribution in [2.45, 2.75) is 137 Å².